The molecule has 0 amide bonds. The summed E-state index contributed by atoms with van der Waals surface area (Å²) in [5.74, 6) is -0.264. The lowest BCUT2D eigenvalue weighted by atomic mass is 9.97. The van der Waals surface area contributed by atoms with Gasteiger partial charge in [-0.15, -0.1) is 0 Å². The van der Waals surface area contributed by atoms with Crippen LogP contribution in [-0.2, 0) is 4.74 Å². The van der Waals surface area contributed by atoms with Gasteiger partial charge in [-0.1, -0.05) is 13.8 Å². The quantitative estimate of drug-likeness (QED) is 0.697. The number of nitrogens with zero attached hydrogens (tertiary/aromatic N) is 2. The summed E-state index contributed by atoms with van der Waals surface area (Å²) in [4.78, 5) is 15.8. The summed E-state index contributed by atoms with van der Waals surface area (Å²) >= 11 is 0. The number of benzene rings is 2. The number of carbonyl (C=O) groups is 1. The maximum absolute atomic E-state index is 11.6. The summed E-state index contributed by atoms with van der Waals surface area (Å²) in [7, 11) is 1.34. The van der Waals surface area contributed by atoms with Crippen LogP contribution in [0.4, 0.5) is 0 Å². The molecule has 6 nitrogen and oxygen atoms in total. The van der Waals surface area contributed by atoms with Crippen LogP contribution >= 0.6 is 0 Å². The summed E-state index contributed by atoms with van der Waals surface area (Å²) in [5, 5.41) is 20.4. The first-order chi connectivity index (χ1) is 12.4. The van der Waals surface area contributed by atoms with Gasteiger partial charge in [0.1, 0.15) is 11.5 Å². The van der Waals surface area contributed by atoms with Crippen LogP contribution in [0, 0.1) is 0 Å². The molecular weight excluding hydrogens is 332 g/mol. The largest absolute Gasteiger partial charge is 0.508 e. The zero-order chi connectivity index (χ0) is 18.8. The van der Waals surface area contributed by atoms with Gasteiger partial charge in [0, 0.05) is 17.3 Å². The predicted octanol–water partition coefficient (Wildman–Crippen LogP) is 3.86. The van der Waals surface area contributed by atoms with Crippen LogP contribution in [0.25, 0.3) is 16.9 Å². The molecule has 1 aromatic heterocycles. The average Bonchev–Trinajstić information content (AvgIpc) is 3.10. The number of carbonyl (C=O) groups excluding carboxylic acids is 1. The minimum atomic E-state index is -0.403. The van der Waals surface area contributed by atoms with E-state index in [1.165, 1.54) is 13.2 Å². The van der Waals surface area contributed by atoms with Gasteiger partial charge >= 0.3 is 5.97 Å². The molecule has 0 radical (unpaired) electrons. The van der Waals surface area contributed by atoms with Crippen LogP contribution in [0.15, 0.2) is 48.9 Å². The van der Waals surface area contributed by atoms with Crippen LogP contribution in [0.3, 0.4) is 0 Å². The normalized spacial score (nSPS) is 10.9. The van der Waals surface area contributed by atoms with E-state index in [0.29, 0.717) is 16.8 Å². The fourth-order valence-corrected chi connectivity index (χ4v) is 2.84. The van der Waals surface area contributed by atoms with E-state index in [1.54, 1.807) is 47.4 Å². The Labute approximate surface area is 151 Å². The SMILES string of the molecule is COC(=O)c1ccc(-n2cncc2-c2cc(C(C)C)c(O)cc2O)cc1. The van der Waals surface area contributed by atoms with E-state index in [9.17, 15) is 15.0 Å². The van der Waals surface area contributed by atoms with Gasteiger partial charge in [-0.25, -0.2) is 9.78 Å². The molecule has 0 aliphatic rings. The fourth-order valence-electron chi connectivity index (χ4n) is 2.84. The van der Waals surface area contributed by atoms with Crippen molar-refractivity contribution in [3.63, 3.8) is 0 Å². The molecule has 6 heteroatoms. The number of aromatic nitrogens is 2. The van der Waals surface area contributed by atoms with Crippen LogP contribution in [0.2, 0.25) is 0 Å². The average molecular weight is 352 g/mol. The second kappa shape index (κ2) is 6.92. The molecular formula is C20H20N2O4. The monoisotopic (exact) mass is 352 g/mol. The van der Waals surface area contributed by atoms with Crippen LogP contribution in [0.5, 0.6) is 11.5 Å². The Kier molecular flexibility index (Phi) is 4.67. The van der Waals surface area contributed by atoms with E-state index in [4.69, 9.17) is 4.74 Å². The Morgan fingerprint density at radius 3 is 2.42 bits per heavy atom. The Morgan fingerprint density at radius 1 is 1.12 bits per heavy atom. The molecule has 0 bridgehead atoms. The lowest BCUT2D eigenvalue weighted by Gasteiger charge is -2.14. The Bertz CT molecular complexity index is 943. The number of phenols is 2. The third kappa shape index (κ3) is 3.13. The number of hydrogen-bond donors (Lipinski definition) is 2. The number of ether oxygens (including phenoxy) is 1. The summed E-state index contributed by atoms with van der Waals surface area (Å²) < 4.78 is 6.51. The first kappa shape index (κ1) is 17.5. The maximum atomic E-state index is 11.6. The van der Waals surface area contributed by atoms with E-state index in [2.05, 4.69) is 4.98 Å². The van der Waals surface area contributed by atoms with Crippen molar-refractivity contribution in [2.75, 3.05) is 7.11 Å². The molecule has 26 heavy (non-hydrogen) atoms. The third-order valence-corrected chi connectivity index (χ3v) is 4.25. The molecule has 2 N–H and O–H groups in total. The first-order valence-electron chi connectivity index (χ1n) is 8.19. The molecule has 3 aromatic rings. The van der Waals surface area contributed by atoms with Crippen molar-refractivity contribution < 1.29 is 19.7 Å². The summed E-state index contributed by atoms with van der Waals surface area (Å²) in [6, 6.07) is 10.0. The Morgan fingerprint density at radius 2 is 1.81 bits per heavy atom. The van der Waals surface area contributed by atoms with Crippen molar-refractivity contribution >= 4 is 5.97 Å². The van der Waals surface area contributed by atoms with Crippen LogP contribution in [-0.4, -0.2) is 32.8 Å². The second-order valence-corrected chi connectivity index (χ2v) is 6.27. The standard InChI is InChI=1S/C20H20N2O4/c1-12(2)15-8-16(19(24)9-18(15)23)17-10-21-11-22(17)14-6-4-13(5-7-14)20(25)26-3/h4-12,23-24H,1-3H3. The lowest BCUT2D eigenvalue weighted by molar-refractivity contribution is 0.0600. The van der Waals surface area contributed by atoms with E-state index in [0.717, 1.165) is 11.3 Å². The third-order valence-electron chi connectivity index (χ3n) is 4.25. The molecule has 0 aliphatic carbocycles. The van der Waals surface area contributed by atoms with Gasteiger partial charge in [-0.3, -0.25) is 4.57 Å². The second-order valence-electron chi connectivity index (χ2n) is 6.27. The van der Waals surface area contributed by atoms with Crippen molar-refractivity contribution in [2.24, 2.45) is 0 Å². The van der Waals surface area contributed by atoms with Gasteiger partial charge in [-0.2, -0.15) is 0 Å². The zero-order valence-corrected chi connectivity index (χ0v) is 14.8. The summed E-state index contributed by atoms with van der Waals surface area (Å²) in [5.41, 5.74) is 3.22. The van der Waals surface area contributed by atoms with Crippen molar-refractivity contribution in [3.05, 3.63) is 60.0 Å². The molecule has 0 saturated heterocycles. The van der Waals surface area contributed by atoms with Crippen LogP contribution in [0.1, 0.15) is 35.7 Å². The first-order valence-corrected chi connectivity index (χ1v) is 8.19. The minimum Gasteiger partial charge on any atom is -0.508 e. The highest BCUT2D eigenvalue weighted by Crippen LogP contribution is 2.38. The topological polar surface area (TPSA) is 84.6 Å². The highest BCUT2D eigenvalue weighted by molar-refractivity contribution is 5.89. The molecule has 0 fully saturated rings. The number of phenolic OH excluding ortho intramolecular Hbond substituents is 2. The van der Waals surface area contributed by atoms with Crippen molar-refractivity contribution in [2.45, 2.75) is 19.8 Å². The van der Waals surface area contributed by atoms with Crippen molar-refractivity contribution in [3.8, 4) is 28.4 Å². The highest BCUT2D eigenvalue weighted by Gasteiger charge is 2.16. The number of hydrogen-bond acceptors (Lipinski definition) is 5. The smallest absolute Gasteiger partial charge is 0.337 e. The maximum Gasteiger partial charge on any atom is 0.337 e. The van der Waals surface area contributed by atoms with Crippen molar-refractivity contribution in [1.29, 1.82) is 0 Å². The number of esters is 1. The molecule has 0 spiro atoms. The van der Waals surface area contributed by atoms with Crippen LogP contribution < -0.4 is 0 Å². The molecule has 0 unspecified atom stereocenters. The number of aromatic hydroxyl groups is 2. The molecule has 3 rings (SSSR count). The molecule has 134 valence electrons. The predicted molar refractivity (Wildman–Crippen MR) is 97.8 cm³/mol. The van der Waals surface area contributed by atoms with E-state index >= 15 is 0 Å². The van der Waals surface area contributed by atoms with E-state index in [1.807, 2.05) is 13.8 Å². The molecule has 0 saturated carbocycles. The minimum absolute atomic E-state index is 0.0279. The molecule has 0 atom stereocenters. The molecule has 1 heterocycles. The zero-order valence-electron chi connectivity index (χ0n) is 14.8. The van der Waals surface area contributed by atoms with Gasteiger partial charge in [-0.05, 0) is 41.8 Å². The molecule has 2 aromatic carbocycles. The van der Waals surface area contributed by atoms with Gasteiger partial charge in [0.25, 0.3) is 0 Å². The van der Waals surface area contributed by atoms with Crippen molar-refractivity contribution in [1.82, 2.24) is 9.55 Å². The van der Waals surface area contributed by atoms with Gasteiger partial charge in [0.2, 0.25) is 0 Å². The Balaban J connectivity index is 2.07. The van der Waals surface area contributed by atoms with E-state index in [-0.39, 0.29) is 17.4 Å². The Hall–Kier alpha value is -3.28. The fraction of sp³-hybridized carbons (Fsp3) is 0.200. The summed E-state index contributed by atoms with van der Waals surface area (Å²) in [6.45, 7) is 3.94. The highest BCUT2D eigenvalue weighted by atomic mass is 16.5. The van der Waals surface area contributed by atoms with Gasteiger partial charge in [0.15, 0.2) is 0 Å². The summed E-state index contributed by atoms with van der Waals surface area (Å²) in [6.07, 6.45) is 3.27. The number of methoxy groups -OCH3 is 1. The number of rotatable bonds is 4. The number of imidazole rings is 1. The van der Waals surface area contributed by atoms with Gasteiger partial charge < -0.3 is 14.9 Å². The van der Waals surface area contributed by atoms with E-state index < -0.39 is 5.97 Å². The lowest BCUT2D eigenvalue weighted by Crippen LogP contribution is -2.02. The molecule has 0 aliphatic heterocycles. The van der Waals surface area contributed by atoms with Gasteiger partial charge in [0.05, 0.1) is 30.9 Å².